The molecule has 1 fully saturated rings. The Hall–Kier alpha value is -3.78. The van der Waals surface area contributed by atoms with Crippen LogP contribution in [0.1, 0.15) is 16.7 Å². The first-order valence-electron chi connectivity index (χ1n) is 10.9. The Labute approximate surface area is 207 Å². The number of hydrogen-bond acceptors (Lipinski definition) is 6. The van der Waals surface area contributed by atoms with Gasteiger partial charge in [-0.15, -0.1) is 0 Å². The molecule has 0 atom stereocenters. The zero-order valence-electron chi connectivity index (χ0n) is 19.3. The van der Waals surface area contributed by atoms with Gasteiger partial charge in [0.25, 0.3) is 11.1 Å². The Kier molecular flexibility index (Phi) is 7.72. The molecule has 1 saturated heterocycles. The molecule has 0 N–H and O–H groups in total. The van der Waals surface area contributed by atoms with Crippen LogP contribution < -0.4 is 14.2 Å². The number of halogens is 1. The maximum absolute atomic E-state index is 13.9. The second-order valence-corrected chi connectivity index (χ2v) is 8.78. The third-order valence-corrected chi connectivity index (χ3v) is 6.21. The molecule has 0 spiro atoms. The summed E-state index contributed by atoms with van der Waals surface area (Å²) in [4.78, 5) is 26.7. The number of rotatable bonds is 9. The van der Waals surface area contributed by atoms with Crippen LogP contribution in [-0.2, 0) is 11.4 Å². The van der Waals surface area contributed by atoms with Gasteiger partial charge in [0.2, 0.25) is 0 Å². The molecule has 0 unspecified atom stereocenters. The largest absolute Gasteiger partial charge is 0.493 e. The number of methoxy groups -OCH3 is 1. The smallest absolute Gasteiger partial charge is 0.293 e. The zero-order valence-corrected chi connectivity index (χ0v) is 20.1. The van der Waals surface area contributed by atoms with Crippen LogP contribution in [0.15, 0.2) is 71.6 Å². The lowest BCUT2D eigenvalue weighted by molar-refractivity contribution is -0.123. The Balaban J connectivity index is 1.40. The highest BCUT2D eigenvalue weighted by atomic mass is 32.2. The summed E-state index contributed by atoms with van der Waals surface area (Å²) >= 11 is 0.881. The molecule has 2 amide bonds. The van der Waals surface area contributed by atoms with Crippen LogP contribution in [-0.4, -0.2) is 36.3 Å². The predicted molar refractivity (Wildman–Crippen MR) is 133 cm³/mol. The monoisotopic (exact) mass is 493 g/mol. The normalized spacial score (nSPS) is 14.5. The molecule has 0 bridgehead atoms. The highest BCUT2D eigenvalue weighted by Crippen LogP contribution is 2.34. The van der Waals surface area contributed by atoms with Gasteiger partial charge in [-0.25, -0.2) is 4.39 Å². The van der Waals surface area contributed by atoms with E-state index in [1.165, 1.54) is 18.1 Å². The lowest BCUT2D eigenvalue weighted by Gasteiger charge is -2.13. The maximum atomic E-state index is 13.9. The van der Waals surface area contributed by atoms with Crippen molar-refractivity contribution in [1.29, 1.82) is 0 Å². The van der Waals surface area contributed by atoms with Gasteiger partial charge in [-0.05, 0) is 60.7 Å². The summed E-state index contributed by atoms with van der Waals surface area (Å²) in [6.07, 6.45) is 1.63. The molecule has 1 aliphatic heterocycles. The molecule has 1 heterocycles. The van der Waals surface area contributed by atoms with E-state index in [0.717, 1.165) is 17.3 Å². The Morgan fingerprint density at radius 3 is 2.49 bits per heavy atom. The lowest BCUT2D eigenvalue weighted by atomic mass is 10.1. The van der Waals surface area contributed by atoms with Crippen molar-refractivity contribution in [3.63, 3.8) is 0 Å². The fourth-order valence-electron chi connectivity index (χ4n) is 3.40. The van der Waals surface area contributed by atoms with E-state index in [2.05, 4.69) is 0 Å². The second kappa shape index (κ2) is 11.1. The quantitative estimate of drug-likeness (QED) is 0.349. The lowest BCUT2D eigenvalue weighted by Crippen LogP contribution is -2.32. The average Bonchev–Trinajstić information content (AvgIpc) is 3.12. The Bertz CT molecular complexity index is 1260. The molecule has 3 aromatic carbocycles. The first kappa shape index (κ1) is 24.3. The number of amides is 2. The van der Waals surface area contributed by atoms with Gasteiger partial charge >= 0.3 is 0 Å². The van der Waals surface area contributed by atoms with Gasteiger partial charge in [0.15, 0.2) is 11.5 Å². The molecule has 0 saturated carbocycles. The first-order chi connectivity index (χ1) is 16.9. The molecule has 0 aliphatic carbocycles. The molecule has 1 aliphatic rings. The summed E-state index contributed by atoms with van der Waals surface area (Å²) in [5.74, 6) is 0.840. The second-order valence-electron chi connectivity index (χ2n) is 7.79. The SMILES string of the molecule is COc1cc(/C=C2\SC(=O)N(CCOc3ccc(C)cc3)C2=O)ccc1OCc1ccccc1F. The van der Waals surface area contributed by atoms with Gasteiger partial charge in [0, 0.05) is 5.56 Å². The van der Waals surface area contributed by atoms with Crippen LogP contribution >= 0.6 is 11.8 Å². The fourth-order valence-corrected chi connectivity index (χ4v) is 4.26. The number of nitrogens with zero attached hydrogens (tertiary/aromatic N) is 1. The van der Waals surface area contributed by atoms with Crippen molar-refractivity contribution in [2.24, 2.45) is 0 Å². The van der Waals surface area contributed by atoms with Gasteiger partial charge in [0.05, 0.1) is 18.6 Å². The van der Waals surface area contributed by atoms with E-state index in [0.29, 0.717) is 33.3 Å². The number of benzene rings is 3. The molecule has 35 heavy (non-hydrogen) atoms. The highest BCUT2D eigenvalue weighted by molar-refractivity contribution is 8.18. The fraction of sp³-hybridized carbons (Fsp3) is 0.185. The van der Waals surface area contributed by atoms with Crippen molar-refractivity contribution in [3.8, 4) is 17.2 Å². The first-order valence-corrected chi connectivity index (χ1v) is 11.8. The van der Waals surface area contributed by atoms with Crippen molar-refractivity contribution >= 4 is 29.0 Å². The number of hydrogen-bond donors (Lipinski definition) is 0. The van der Waals surface area contributed by atoms with E-state index >= 15 is 0 Å². The topological polar surface area (TPSA) is 65.1 Å². The van der Waals surface area contributed by atoms with Gasteiger partial charge in [-0.2, -0.15) is 0 Å². The standard InChI is InChI=1S/C27H24FNO5S/c1-18-7-10-21(11-8-18)33-14-13-29-26(30)25(35-27(29)31)16-19-9-12-23(24(15-19)32-2)34-17-20-5-3-4-6-22(20)28/h3-12,15-16H,13-14,17H2,1-2H3/b25-16-. The molecular weight excluding hydrogens is 469 g/mol. The summed E-state index contributed by atoms with van der Waals surface area (Å²) in [6.45, 7) is 2.39. The number of carbonyl (C=O) groups excluding carboxylic acids is 2. The van der Waals surface area contributed by atoms with Crippen LogP contribution in [0.25, 0.3) is 6.08 Å². The summed E-state index contributed by atoms with van der Waals surface area (Å²) < 4.78 is 30.6. The van der Waals surface area contributed by atoms with E-state index in [4.69, 9.17) is 14.2 Å². The van der Waals surface area contributed by atoms with Crippen LogP contribution in [0.4, 0.5) is 9.18 Å². The highest BCUT2D eigenvalue weighted by Gasteiger charge is 2.34. The Morgan fingerprint density at radius 2 is 1.74 bits per heavy atom. The molecule has 8 heteroatoms. The molecular formula is C27H24FNO5S. The Morgan fingerprint density at radius 1 is 0.971 bits per heavy atom. The van der Waals surface area contributed by atoms with Gasteiger partial charge in [-0.1, -0.05) is 42.0 Å². The number of ether oxygens (including phenoxy) is 3. The van der Waals surface area contributed by atoms with E-state index in [-0.39, 0.29) is 36.7 Å². The van der Waals surface area contributed by atoms with Crippen LogP contribution in [0.2, 0.25) is 0 Å². The minimum atomic E-state index is -0.369. The van der Waals surface area contributed by atoms with Gasteiger partial charge in [-0.3, -0.25) is 14.5 Å². The van der Waals surface area contributed by atoms with Gasteiger partial charge in [0.1, 0.15) is 24.8 Å². The molecule has 4 rings (SSSR count). The van der Waals surface area contributed by atoms with Crippen molar-refractivity contribution in [1.82, 2.24) is 4.90 Å². The van der Waals surface area contributed by atoms with Crippen LogP contribution in [0, 0.1) is 12.7 Å². The number of carbonyl (C=O) groups is 2. The summed E-state index contributed by atoms with van der Waals surface area (Å²) in [7, 11) is 1.50. The number of aryl methyl sites for hydroxylation is 1. The summed E-state index contributed by atoms with van der Waals surface area (Å²) in [5, 5.41) is -0.342. The molecule has 180 valence electrons. The van der Waals surface area contributed by atoms with Crippen molar-refractivity contribution in [3.05, 3.63) is 94.1 Å². The predicted octanol–water partition coefficient (Wildman–Crippen LogP) is 5.84. The molecule has 6 nitrogen and oxygen atoms in total. The summed E-state index contributed by atoms with van der Waals surface area (Å²) in [5.41, 5.74) is 2.22. The van der Waals surface area contributed by atoms with Gasteiger partial charge < -0.3 is 14.2 Å². The molecule has 3 aromatic rings. The van der Waals surface area contributed by atoms with Crippen molar-refractivity contribution in [2.45, 2.75) is 13.5 Å². The number of imide groups is 1. The zero-order chi connectivity index (χ0) is 24.8. The van der Waals surface area contributed by atoms with E-state index in [1.807, 2.05) is 31.2 Å². The van der Waals surface area contributed by atoms with Crippen molar-refractivity contribution in [2.75, 3.05) is 20.3 Å². The minimum absolute atomic E-state index is 0.0475. The number of thioether (sulfide) groups is 1. The van der Waals surface area contributed by atoms with E-state index in [1.54, 1.807) is 42.5 Å². The van der Waals surface area contributed by atoms with E-state index < -0.39 is 0 Å². The molecule has 0 radical (unpaired) electrons. The maximum Gasteiger partial charge on any atom is 0.293 e. The molecule has 0 aromatic heterocycles. The third kappa shape index (κ3) is 6.02. The summed E-state index contributed by atoms with van der Waals surface area (Å²) in [6, 6.07) is 19.1. The van der Waals surface area contributed by atoms with Crippen LogP contribution in [0.5, 0.6) is 17.2 Å². The van der Waals surface area contributed by atoms with Crippen LogP contribution in [0.3, 0.4) is 0 Å². The average molecular weight is 494 g/mol. The van der Waals surface area contributed by atoms with Crippen molar-refractivity contribution < 1.29 is 28.2 Å². The van der Waals surface area contributed by atoms with E-state index in [9.17, 15) is 14.0 Å². The minimum Gasteiger partial charge on any atom is -0.493 e. The third-order valence-electron chi connectivity index (χ3n) is 5.30.